The molecule has 2 unspecified atom stereocenters. The van der Waals surface area contributed by atoms with E-state index in [4.69, 9.17) is 13.9 Å². The standard InChI is InChI=1S/C21H26N2O4/c1-23-15-6-7-16(23)11-14(10-15)22-21(24)20-9-8-19(27-20)13-26-18-5-3-4-17(12-18)25-2/h3-5,8-9,12,14-16H,6-7,10-11,13H2,1-2H3,(H,22,24). The first kappa shape index (κ1) is 17.9. The first-order valence-corrected chi connectivity index (χ1v) is 9.50. The summed E-state index contributed by atoms with van der Waals surface area (Å²) in [7, 11) is 3.81. The molecule has 3 heterocycles. The summed E-state index contributed by atoms with van der Waals surface area (Å²) in [6.07, 6.45) is 4.51. The smallest absolute Gasteiger partial charge is 0.287 e. The van der Waals surface area contributed by atoms with Gasteiger partial charge in [-0.05, 0) is 57.0 Å². The molecule has 2 aliphatic heterocycles. The van der Waals surface area contributed by atoms with Crippen LogP contribution in [-0.4, -0.2) is 43.1 Å². The van der Waals surface area contributed by atoms with Crippen LogP contribution in [0.1, 0.15) is 42.0 Å². The maximum absolute atomic E-state index is 12.5. The Morgan fingerprint density at radius 1 is 1.19 bits per heavy atom. The fraction of sp³-hybridized carbons (Fsp3) is 0.476. The van der Waals surface area contributed by atoms with Gasteiger partial charge in [0, 0.05) is 24.2 Å². The number of carbonyl (C=O) groups is 1. The van der Waals surface area contributed by atoms with Crippen LogP contribution in [0.2, 0.25) is 0 Å². The van der Waals surface area contributed by atoms with E-state index in [2.05, 4.69) is 17.3 Å². The molecule has 1 aromatic heterocycles. The molecule has 1 N–H and O–H groups in total. The highest BCUT2D eigenvalue weighted by Gasteiger charge is 2.39. The van der Waals surface area contributed by atoms with Gasteiger partial charge in [0.1, 0.15) is 23.9 Å². The third-order valence-corrected chi connectivity index (χ3v) is 5.74. The van der Waals surface area contributed by atoms with Gasteiger partial charge in [-0.1, -0.05) is 6.07 Å². The lowest BCUT2D eigenvalue weighted by molar-refractivity contribution is 0.0851. The van der Waals surface area contributed by atoms with Gasteiger partial charge in [-0.3, -0.25) is 4.79 Å². The van der Waals surface area contributed by atoms with E-state index in [9.17, 15) is 4.79 Å². The van der Waals surface area contributed by atoms with Crippen LogP contribution in [-0.2, 0) is 6.61 Å². The molecule has 2 bridgehead atoms. The van der Waals surface area contributed by atoms with Gasteiger partial charge in [0.05, 0.1) is 7.11 Å². The molecule has 0 aliphatic carbocycles. The number of fused-ring (bicyclic) bond motifs is 2. The summed E-state index contributed by atoms with van der Waals surface area (Å²) >= 11 is 0. The third kappa shape index (κ3) is 3.95. The number of nitrogens with zero attached hydrogens (tertiary/aromatic N) is 1. The number of rotatable bonds is 6. The molecule has 0 radical (unpaired) electrons. The minimum absolute atomic E-state index is 0.142. The maximum atomic E-state index is 12.5. The first-order valence-electron chi connectivity index (χ1n) is 9.50. The number of amides is 1. The van der Waals surface area contributed by atoms with Gasteiger partial charge in [-0.25, -0.2) is 0 Å². The van der Waals surface area contributed by atoms with Crippen LogP contribution >= 0.6 is 0 Å². The number of nitrogens with one attached hydrogen (secondary N) is 1. The highest BCUT2D eigenvalue weighted by molar-refractivity contribution is 5.91. The summed E-state index contributed by atoms with van der Waals surface area (Å²) in [5.74, 6) is 2.24. The molecule has 27 heavy (non-hydrogen) atoms. The molecule has 1 amide bonds. The van der Waals surface area contributed by atoms with Gasteiger partial charge >= 0.3 is 0 Å². The Hall–Kier alpha value is -2.47. The first-order chi connectivity index (χ1) is 13.1. The Balaban J connectivity index is 1.31. The van der Waals surface area contributed by atoms with Crippen LogP contribution in [0, 0.1) is 0 Å². The predicted octanol–water partition coefficient (Wildman–Crippen LogP) is 3.22. The number of benzene rings is 1. The molecular weight excluding hydrogens is 344 g/mol. The van der Waals surface area contributed by atoms with E-state index in [1.54, 1.807) is 19.2 Å². The van der Waals surface area contributed by atoms with Crippen molar-refractivity contribution in [3.8, 4) is 11.5 Å². The van der Waals surface area contributed by atoms with E-state index in [1.165, 1.54) is 12.8 Å². The largest absolute Gasteiger partial charge is 0.497 e. The van der Waals surface area contributed by atoms with Crippen LogP contribution in [0.3, 0.4) is 0 Å². The second-order valence-electron chi connectivity index (χ2n) is 7.43. The van der Waals surface area contributed by atoms with Gasteiger partial charge in [0.15, 0.2) is 5.76 Å². The van der Waals surface area contributed by atoms with Crippen molar-refractivity contribution in [3.63, 3.8) is 0 Å². The van der Waals surface area contributed by atoms with E-state index in [0.717, 1.165) is 18.6 Å². The summed E-state index contributed by atoms with van der Waals surface area (Å²) < 4.78 is 16.6. The van der Waals surface area contributed by atoms with Gasteiger partial charge in [0.25, 0.3) is 5.91 Å². The molecule has 2 saturated heterocycles. The topological polar surface area (TPSA) is 63.9 Å². The maximum Gasteiger partial charge on any atom is 0.287 e. The summed E-state index contributed by atoms with van der Waals surface area (Å²) in [6.45, 7) is 0.263. The Morgan fingerprint density at radius 3 is 2.67 bits per heavy atom. The monoisotopic (exact) mass is 370 g/mol. The minimum atomic E-state index is -0.142. The Labute approximate surface area is 159 Å². The van der Waals surface area contributed by atoms with E-state index in [0.29, 0.717) is 29.4 Å². The third-order valence-electron chi connectivity index (χ3n) is 5.74. The molecule has 144 valence electrons. The Morgan fingerprint density at radius 2 is 1.93 bits per heavy atom. The molecule has 1 aromatic carbocycles. The van der Waals surface area contributed by atoms with Gasteiger partial charge in [0.2, 0.25) is 0 Å². The summed E-state index contributed by atoms with van der Waals surface area (Å²) in [6, 6.07) is 12.3. The Bertz CT molecular complexity index is 789. The second kappa shape index (κ2) is 7.64. The van der Waals surface area contributed by atoms with Crippen molar-refractivity contribution in [2.45, 2.75) is 50.4 Å². The lowest BCUT2D eigenvalue weighted by Gasteiger charge is -2.36. The summed E-state index contributed by atoms with van der Waals surface area (Å²) in [5, 5.41) is 3.14. The second-order valence-corrected chi connectivity index (χ2v) is 7.43. The quantitative estimate of drug-likeness (QED) is 0.846. The van der Waals surface area contributed by atoms with Crippen LogP contribution in [0.4, 0.5) is 0 Å². The fourth-order valence-corrected chi connectivity index (χ4v) is 4.21. The number of hydrogen-bond donors (Lipinski definition) is 1. The summed E-state index contributed by atoms with van der Waals surface area (Å²) in [5.41, 5.74) is 0. The van der Waals surface area contributed by atoms with Gasteiger partial charge in [-0.15, -0.1) is 0 Å². The minimum Gasteiger partial charge on any atom is -0.497 e. The van der Waals surface area contributed by atoms with Crippen molar-refractivity contribution in [1.29, 1.82) is 0 Å². The highest BCUT2D eigenvalue weighted by atomic mass is 16.5. The molecule has 2 fully saturated rings. The number of furan rings is 1. The van der Waals surface area contributed by atoms with Crippen molar-refractivity contribution in [3.05, 3.63) is 47.9 Å². The van der Waals surface area contributed by atoms with E-state index in [-0.39, 0.29) is 18.6 Å². The number of piperidine rings is 1. The lowest BCUT2D eigenvalue weighted by atomic mass is 9.98. The van der Waals surface area contributed by atoms with Crippen LogP contribution < -0.4 is 14.8 Å². The van der Waals surface area contributed by atoms with E-state index >= 15 is 0 Å². The zero-order chi connectivity index (χ0) is 18.8. The van der Waals surface area contributed by atoms with Crippen molar-refractivity contribution in [2.75, 3.05) is 14.2 Å². The fourth-order valence-electron chi connectivity index (χ4n) is 4.21. The van der Waals surface area contributed by atoms with E-state index < -0.39 is 0 Å². The van der Waals surface area contributed by atoms with Crippen molar-refractivity contribution < 1.29 is 18.7 Å². The molecule has 2 aromatic rings. The van der Waals surface area contributed by atoms with Crippen molar-refractivity contribution in [1.82, 2.24) is 10.2 Å². The Kier molecular flexibility index (Phi) is 5.07. The van der Waals surface area contributed by atoms with Gasteiger partial charge < -0.3 is 24.1 Å². The van der Waals surface area contributed by atoms with E-state index in [1.807, 2.05) is 24.3 Å². The zero-order valence-corrected chi connectivity index (χ0v) is 15.8. The highest BCUT2D eigenvalue weighted by Crippen LogP contribution is 2.34. The van der Waals surface area contributed by atoms with Crippen LogP contribution in [0.15, 0.2) is 40.8 Å². The van der Waals surface area contributed by atoms with Gasteiger partial charge in [-0.2, -0.15) is 0 Å². The van der Waals surface area contributed by atoms with Crippen molar-refractivity contribution >= 4 is 5.91 Å². The van der Waals surface area contributed by atoms with Crippen molar-refractivity contribution in [2.24, 2.45) is 0 Å². The number of ether oxygens (including phenoxy) is 2. The molecule has 4 rings (SSSR count). The number of methoxy groups -OCH3 is 1. The van der Waals surface area contributed by atoms with Crippen LogP contribution in [0.25, 0.3) is 0 Å². The normalized spacial score (nSPS) is 24.6. The molecular formula is C21H26N2O4. The molecule has 2 aliphatic rings. The number of carbonyl (C=O) groups excluding carboxylic acids is 1. The average molecular weight is 370 g/mol. The SMILES string of the molecule is COc1cccc(OCc2ccc(C(=O)NC3CC4CCC(C3)N4C)o2)c1. The predicted molar refractivity (Wildman–Crippen MR) is 101 cm³/mol. The molecule has 6 nitrogen and oxygen atoms in total. The lowest BCUT2D eigenvalue weighted by Crippen LogP contribution is -2.48. The summed E-state index contributed by atoms with van der Waals surface area (Å²) in [4.78, 5) is 15.0. The van der Waals surface area contributed by atoms with Crippen LogP contribution in [0.5, 0.6) is 11.5 Å². The number of hydrogen-bond acceptors (Lipinski definition) is 5. The molecule has 0 saturated carbocycles. The zero-order valence-electron chi connectivity index (χ0n) is 15.8. The molecule has 2 atom stereocenters. The average Bonchev–Trinajstić information content (AvgIpc) is 3.22. The molecule has 0 spiro atoms. The molecule has 6 heteroatoms.